The molecule has 3 heterocycles. The van der Waals surface area contributed by atoms with Crippen molar-refractivity contribution < 1.29 is 4.79 Å². The molecule has 1 N–H and O–H groups in total. The van der Waals surface area contributed by atoms with Crippen molar-refractivity contribution in [1.29, 1.82) is 0 Å². The molecular weight excluding hydrogens is 364 g/mol. The fraction of sp³-hybridized carbons (Fsp3) is 0.267. The molecule has 0 radical (unpaired) electrons. The molecule has 0 aromatic carbocycles. The van der Waals surface area contributed by atoms with Crippen molar-refractivity contribution in [2.45, 2.75) is 19.9 Å². The Hall–Kier alpha value is -1.73. The predicted molar refractivity (Wildman–Crippen MR) is 90.1 cm³/mol. The Labute approximate surface area is 140 Å². The van der Waals surface area contributed by atoms with E-state index in [1.54, 1.807) is 0 Å². The maximum atomic E-state index is 12.4. The number of halogens is 1. The summed E-state index contributed by atoms with van der Waals surface area (Å²) in [5.74, 6) is 0.844. The summed E-state index contributed by atoms with van der Waals surface area (Å²) >= 11 is 4.79. The fourth-order valence-corrected chi connectivity index (χ4v) is 3.54. The third kappa shape index (κ3) is 2.91. The van der Waals surface area contributed by atoms with Crippen LogP contribution in [-0.4, -0.2) is 20.5 Å². The zero-order chi connectivity index (χ0) is 15.7. The highest BCUT2D eigenvalue weighted by Crippen LogP contribution is 2.25. The number of amides is 1. The predicted octanol–water partition coefficient (Wildman–Crippen LogP) is 3.68. The van der Waals surface area contributed by atoms with Crippen molar-refractivity contribution >= 4 is 38.8 Å². The van der Waals surface area contributed by atoms with Crippen LogP contribution >= 0.6 is 27.3 Å². The number of pyridine rings is 1. The molecule has 0 saturated heterocycles. The molecule has 3 rings (SSSR count). The van der Waals surface area contributed by atoms with Crippen LogP contribution in [0.3, 0.4) is 0 Å². The standard InChI is InChI=1S/C15H15BrN4OS/c1-9(2)13(17-15(21)10-6-7-11(16)22-10)14-19-18-12-5-3-4-8-20(12)14/h3-9,13H,1-2H3,(H,17,21)/t13-/m0/s1. The van der Waals surface area contributed by atoms with E-state index in [4.69, 9.17) is 0 Å². The Morgan fingerprint density at radius 2 is 2.09 bits per heavy atom. The molecule has 5 nitrogen and oxygen atoms in total. The molecule has 0 aliphatic heterocycles. The van der Waals surface area contributed by atoms with Gasteiger partial charge in [0.05, 0.1) is 14.7 Å². The van der Waals surface area contributed by atoms with Crippen molar-refractivity contribution in [1.82, 2.24) is 19.9 Å². The van der Waals surface area contributed by atoms with Crippen molar-refractivity contribution in [3.05, 3.63) is 51.0 Å². The van der Waals surface area contributed by atoms with Gasteiger partial charge < -0.3 is 5.32 Å². The highest BCUT2D eigenvalue weighted by molar-refractivity contribution is 9.11. The lowest BCUT2D eigenvalue weighted by atomic mass is 10.0. The van der Waals surface area contributed by atoms with Gasteiger partial charge in [0, 0.05) is 6.20 Å². The average Bonchev–Trinajstić information content (AvgIpc) is 3.10. The number of fused-ring (bicyclic) bond motifs is 1. The van der Waals surface area contributed by atoms with Gasteiger partial charge in [-0.25, -0.2) is 0 Å². The van der Waals surface area contributed by atoms with Gasteiger partial charge in [-0.3, -0.25) is 9.20 Å². The first-order valence-electron chi connectivity index (χ1n) is 6.92. The van der Waals surface area contributed by atoms with E-state index in [1.165, 1.54) is 11.3 Å². The van der Waals surface area contributed by atoms with E-state index in [0.29, 0.717) is 4.88 Å². The number of hydrogen-bond donors (Lipinski definition) is 1. The summed E-state index contributed by atoms with van der Waals surface area (Å²) in [6.45, 7) is 4.11. The van der Waals surface area contributed by atoms with E-state index in [0.717, 1.165) is 15.3 Å². The molecule has 1 atom stereocenters. The van der Waals surface area contributed by atoms with Crippen LogP contribution in [0.1, 0.15) is 35.4 Å². The highest BCUT2D eigenvalue weighted by Gasteiger charge is 2.24. The largest absolute Gasteiger partial charge is 0.341 e. The van der Waals surface area contributed by atoms with Crippen LogP contribution in [0.4, 0.5) is 0 Å². The molecule has 114 valence electrons. The molecule has 1 amide bonds. The number of aromatic nitrogens is 3. The lowest BCUT2D eigenvalue weighted by Gasteiger charge is -2.20. The first-order chi connectivity index (χ1) is 10.6. The Balaban J connectivity index is 1.92. The minimum absolute atomic E-state index is 0.0953. The van der Waals surface area contributed by atoms with Crippen molar-refractivity contribution in [2.75, 3.05) is 0 Å². The fourth-order valence-electron chi connectivity index (χ4n) is 2.25. The molecule has 0 bridgehead atoms. The molecule has 0 unspecified atom stereocenters. The van der Waals surface area contributed by atoms with Crippen LogP contribution in [0, 0.1) is 5.92 Å². The number of carbonyl (C=O) groups is 1. The van der Waals surface area contributed by atoms with Gasteiger partial charge in [0.2, 0.25) is 0 Å². The van der Waals surface area contributed by atoms with Crippen molar-refractivity contribution in [3.8, 4) is 0 Å². The third-order valence-electron chi connectivity index (χ3n) is 3.37. The first-order valence-corrected chi connectivity index (χ1v) is 8.53. The van der Waals surface area contributed by atoms with Gasteiger partial charge in [0.15, 0.2) is 11.5 Å². The highest BCUT2D eigenvalue weighted by atomic mass is 79.9. The van der Waals surface area contributed by atoms with Crippen LogP contribution in [0.5, 0.6) is 0 Å². The molecule has 0 fully saturated rings. The van der Waals surface area contributed by atoms with Crippen molar-refractivity contribution in [2.24, 2.45) is 5.92 Å². The zero-order valence-electron chi connectivity index (χ0n) is 12.2. The van der Waals surface area contributed by atoms with E-state index in [2.05, 4.69) is 45.3 Å². The number of hydrogen-bond acceptors (Lipinski definition) is 4. The first kappa shape index (κ1) is 15.2. The molecular formula is C15H15BrN4OS. The molecule has 0 saturated carbocycles. The lowest BCUT2D eigenvalue weighted by Crippen LogP contribution is -2.32. The van der Waals surface area contributed by atoms with E-state index in [9.17, 15) is 4.79 Å². The number of thiophene rings is 1. The van der Waals surface area contributed by atoms with Gasteiger partial charge in [-0.2, -0.15) is 0 Å². The summed E-state index contributed by atoms with van der Waals surface area (Å²) in [5, 5.41) is 11.5. The second-order valence-corrected chi connectivity index (χ2v) is 7.75. The van der Waals surface area contributed by atoms with Gasteiger partial charge in [0.1, 0.15) is 0 Å². The van der Waals surface area contributed by atoms with E-state index < -0.39 is 0 Å². The Morgan fingerprint density at radius 1 is 1.27 bits per heavy atom. The van der Waals surface area contributed by atoms with Gasteiger partial charge in [0.25, 0.3) is 5.91 Å². The molecule has 0 spiro atoms. The lowest BCUT2D eigenvalue weighted by molar-refractivity contribution is 0.0927. The second kappa shape index (κ2) is 6.18. The SMILES string of the molecule is CC(C)[C@H](NC(=O)c1ccc(Br)s1)c1nnc2ccccn12. The summed E-state index contributed by atoms with van der Waals surface area (Å²) in [6.07, 6.45) is 1.91. The minimum atomic E-state index is -0.203. The summed E-state index contributed by atoms with van der Waals surface area (Å²) in [6, 6.07) is 9.21. The van der Waals surface area contributed by atoms with Crippen LogP contribution in [0.25, 0.3) is 5.65 Å². The van der Waals surface area contributed by atoms with E-state index in [1.807, 2.05) is 40.9 Å². The number of carbonyl (C=O) groups excluding carboxylic acids is 1. The van der Waals surface area contributed by atoms with Crippen LogP contribution < -0.4 is 5.32 Å². The van der Waals surface area contributed by atoms with Crippen molar-refractivity contribution in [3.63, 3.8) is 0 Å². The maximum absolute atomic E-state index is 12.4. The van der Waals surface area contributed by atoms with Gasteiger partial charge in [-0.05, 0) is 46.1 Å². The second-order valence-electron chi connectivity index (χ2n) is 5.29. The molecule has 7 heteroatoms. The monoisotopic (exact) mass is 378 g/mol. The number of rotatable bonds is 4. The summed E-state index contributed by atoms with van der Waals surface area (Å²) in [4.78, 5) is 13.1. The van der Waals surface area contributed by atoms with Gasteiger partial charge in [-0.15, -0.1) is 21.5 Å². The summed E-state index contributed by atoms with van der Waals surface area (Å²) in [5.41, 5.74) is 0.774. The topological polar surface area (TPSA) is 59.3 Å². The van der Waals surface area contributed by atoms with Gasteiger partial charge in [-0.1, -0.05) is 19.9 Å². The average molecular weight is 379 g/mol. The van der Waals surface area contributed by atoms with E-state index >= 15 is 0 Å². The normalized spacial score (nSPS) is 12.7. The molecule has 0 aliphatic carbocycles. The summed E-state index contributed by atoms with van der Waals surface area (Å²) < 4.78 is 2.85. The number of nitrogens with zero attached hydrogens (tertiary/aromatic N) is 3. The quantitative estimate of drug-likeness (QED) is 0.752. The van der Waals surface area contributed by atoms with Gasteiger partial charge >= 0.3 is 0 Å². The minimum Gasteiger partial charge on any atom is -0.341 e. The Bertz CT molecular complexity index is 811. The molecule has 0 aliphatic rings. The van der Waals surface area contributed by atoms with Crippen LogP contribution in [0.15, 0.2) is 40.3 Å². The zero-order valence-corrected chi connectivity index (χ0v) is 14.6. The third-order valence-corrected chi connectivity index (χ3v) is 4.99. The molecule has 22 heavy (non-hydrogen) atoms. The molecule has 3 aromatic heterocycles. The Morgan fingerprint density at radius 3 is 2.77 bits per heavy atom. The molecule has 3 aromatic rings. The number of nitrogens with one attached hydrogen (secondary N) is 1. The maximum Gasteiger partial charge on any atom is 0.261 e. The summed E-state index contributed by atoms with van der Waals surface area (Å²) in [7, 11) is 0. The smallest absolute Gasteiger partial charge is 0.261 e. The Kier molecular flexibility index (Phi) is 4.26. The van der Waals surface area contributed by atoms with Crippen LogP contribution in [0.2, 0.25) is 0 Å². The van der Waals surface area contributed by atoms with E-state index in [-0.39, 0.29) is 17.9 Å². The van der Waals surface area contributed by atoms with Crippen LogP contribution in [-0.2, 0) is 0 Å².